The lowest BCUT2D eigenvalue weighted by atomic mass is 10.0. The smallest absolute Gasteiger partial charge is 0.241 e. The summed E-state index contributed by atoms with van der Waals surface area (Å²) in [5.41, 5.74) is 11.5. The Hall–Kier alpha value is -0.920. The maximum atomic E-state index is 9.32. The van der Waals surface area contributed by atoms with Gasteiger partial charge in [0, 0.05) is 5.56 Å². The maximum Gasteiger partial charge on any atom is 0.241 e. The maximum absolute atomic E-state index is 9.32. The molecule has 0 atom stereocenters. The van der Waals surface area contributed by atoms with Gasteiger partial charge in [-0.3, -0.25) is 0 Å². The Labute approximate surface area is 73.8 Å². The molecule has 0 aliphatic heterocycles. The number of aryl methyl sites for hydroxylation is 1. The molecule has 0 saturated carbocycles. The molecule has 1 aromatic rings. The zero-order valence-electron chi connectivity index (χ0n) is 7.76. The molecule has 2 radical (unpaired) electrons. The zero-order valence-corrected chi connectivity index (χ0v) is 7.76. The summed E-state index contributed by atoms with van der Waals surface area (Å²) < 4.78 is 4.96. The topological polar surface area (TPSA) is 35.4 Å². The molecular weight excluding hydrogens is 150 g/mol. The molecule has 0 N–H and O–H groups in total. The number of rotatable bonds is 4. The molecule has 12 heavy (non-hydrogen) atoms. The number of furan rings is 1. The van der Waals surface area contributed by atoms with Crippen molar-refractivity contribution in [3.05, 3.63) is 17.4 Å². The van der Waals surface area contributed by atoms with Gasteiger partial charge in [-0.1, -0.05) is 26.7 Å². The van der Waals surface area contributed by atoms with Gasteiger partial charge in [0.1, 0.15) is 0 Å². The van der Waals surface area contributed by atoms with Gasteiger partial charge in [0.25, 0.3) is 0 Å². The van der Waals surface area contributed by atoms with Crippen LogP contribution in [-0.2, 0) is 12.8 Å². The van der Waals surface area contributed by atoms with Crippen LogP contribution in [0.5, 0.6) is 0 Å². The predicted octanol–water partition coefficient (Wildman–Crippen LogP) is 2.88. The summed E-state index contributed by atoms with van der Waals surface area (Å²) in [5, 5.41) is 0. The Morgan fingerprint density at radius 3 is 2.50 bits per heavy atom. The first-order valence-electron chi connectivity index (χ1n) is 4.57. The lowest BCUT2D eigenvalue weighted by molar-refractivity contribution is 0.567. The molecule has 0 aromatic carbocycles. The molecule has 0 spiro atoms. The highest BCUT2D eigenvalue weighted by Crippen LogP contribution is 2.23. The summed E-state index contributed by atoms with van der Waals surface area (Å²) in [6.07, 6.45) is 5.72. The fraction of sp³-hybridized carbons (Fsp3) is 0.600. The third kappa shape index (κ3) is 1.81. The molecular formula is C10H15NO. The minimum atomic E-state index is 0.111. The van der Waals surface area contributed by atoms with Gasteiger partial charge in [-0.2, -0.15) is 0 Å². The van der Waals surface area contributed by atoms with Crippen LogP contribution in [0.4, 0.5) is 5.88 Å². The van der Waals surface area contributed by atoms with Crippen molar-refractivity contribution in [3.8, 4) is 0 Å². The van der Waals surface area contributed by atoms with Crippen molar-refractivity contribution in [1.29, 1.82) is 0 Å². The second kappa shape index (κ2) is 4.19. The Balaban J connectivity index is 2.80. The Morgan fingerprint density at radius 1 is 1.25 bits per heavy atom. The van der Waals surface area contributed by atoms with E-state index in [2.05, 4.69) is 13.8 Å². The Kier molecular flexibility index (Phi) is 3.20. The van der Waals surface area contributed by atoms with Gasteiger partial charge in [0.05, 0.1) is 6.26 Å². The van der Waals surface area contributed by atoms with Crippen LogP contribution in [0.2, 0.25) is 0 Å². The fourth-order valence-electron chi connectivity index (χ4n) is 1.40. The number of hydrogen-bond donors (Lipinski definition) is 0. The molecule has 1 rings (SSSR count). The van der Waals surface area contributed by atoms with E-state index in [1.165, 1.54) is 0 Å². The quantitative estimate of drug-likeness (QED) is 0.675. The molecule has 1 aromatic heterocycles. The molecule has 0 aliphatic rings. The van der Waals surface area contributed by atoms with Crippen molar-refractivity contribution in [2.45, 2.75) is 39.5 Å². The Morgan fingerprint density at radius 2 is 1.92 bits per heavy atom. The van der Waals surface area contributed by atoms with Crippen LogP contribution in [0, 0.1) is 0 Å². The van der Waals surface area contributed by atoms with E-state index in [1.807, 2.05) is 0 Å². The second-order valence-corrected chi connectivity index (χ2v) is 3.04. The van der Waals surface area contributed by atoms with E-state index in [0.29, 0.717) is 0 Å². The lowest BCUT2D eigenvalue weighted by Gasteiger charge is -1.98. The minimum Gasteiger partial charge on any atom is -0.445 e. The molecule has 0 amide bonds. The van der Waals surface area contributed by atoms with E-state index in [-0.39, 0.29) is 5.88 Å². The van der Waals surface area contributed by atoms with E-state index in [1.54, 1.807) is 6.26 Å². The fourth-order valence-corrected chi connectivity index (χ4v) is 1.40. The van der Waals surface area contributed by atoms with Crippen molar-refractivity contribution in [2.24, 2.45) is 0 Å². The van der Waals surface area contributed by atoms with Gasteiger partial charge in [0.2, 0.25) is 5.88 Å². The van der Waals surface area contributed by atoms with Gasteiger partial charge in [0.15, 0.2) is 0 Å². The molecule has 66 valence electrons. The van der Waals surface area contributed by atoms with Crippen LogP contribution >= 0.6 is 0 Å². The third-order valence-electron chi connectivity index (χ3n) is 1.98. The van der Waals surface area contributed by atoms with Crippen LogP contribution < -0.4 is 5.73 Å². The van der Waals surface area contributed by atoms with Crippen molar-refractivity contribution in [1.82, 2.24) is 5.73 Å². The van der Waals surface area contributed by atoms with Crippen LogP contribution in [0.15, 0.2) is 10.7 Å². The summed E-state index contributed by atoms with van der Waals surface area (Å²) in [4.78, 5) is 0. The van der Waals surface area contributed by atoms with Gasteiger partial charge in [-0.25, -0.2) is 0 Å². The molecule has 0 fully saturated rings. The van der Waals surface area contributed by atoms with Crippen molar-refractivity contribution in [3.63, 3.8) is 0 Å². The first-order chi connectivity index (χ1) is 5.79. The molecule has 1 heterocycles. The highest BCUT2D eigenvalue weighted by atomic mass is 16.3. The summed E-state index contributed by atoms with van der Waals surface area (Å²) in [6.45, 7) is 4.22. The average Bonchev–Trinajstić information content (AvgIpc) is 2.37. The van der Waals surface area contributed by atoms with Crippen LogP contribution in [0.3, 0.4) is 0 Å². The van der Waals surface area contributed by atoms with Crippen molar-refractivity contribution >= 4 is 5.88 Å². The SMILES string of the molecule is CCCc1coc([N])c1CCC. The first-order valence-corrected chi connectivity index (χ1v) is 4.57. The molecule has 0 saturated heterocycles. The third-order valence-corrected chi connectivity index (χ3v) is 1.98. The summed E-state index contributed by atoms with van der Waals surface area (Å²) in [5.74, 6) is 0.111. The van der Waals surface area contributed by atoms with Crippen LogP contribution in [-0.4, -0.2) is 0 Å². The van der Waals surface area contributed by atoms with Gasteiger partial charge in [-0.15, -0.1) is 5.73 Å². The largest absolute Gasteiger partial charge is 0.445 e. The van der Waals surface area contributed by atoms with E-state index in [0.717, 1.165) is 36.8 Å². The molecule has 0 unspecified atom stereocenters. The van der Waals surface area contributed by atoms with E-state index >= 15 is 0 Å². The average molecular weight is 165 g/mol. The summed E-state index contributed by atoms with van der Waals surface area (Å²) in [6, 6.07) is 0. The van der Waals surface area contributed by atoms with Gasteiger partial charge in [-0.05, 0) is 18.4 Å². The predicted molar refractivity (Wildman–Crippen MR) is 48.5 cm³/mol. The highest BCUT2D eigenvalue weighted by Gasteiger charge is 2.10. The number of hydrogen-bond acceptors (Lipinski definition) is 1. The second-order valence-electron chi connectivity index (χ2n) is 3.04. The molecule has 0 bridgehead atoms. The first kappa shape index (κ1) is 9.17. The lowest BCUT2D eigenvalue weighted by Crippen LogP contribution is -1.89. The summed E-state index contributed by atoms with van der Waals surface area (Å²) >= 11 is 0. The van der Waals surface area contributed by atoms with Crippen molar-refractivity contribution in [2.75, 3.05) is 0 Å². The van der Waals surface area contributed by atoms with E-state index < -0.39 is 0 Å². The van der Waals surface area contributed by atoms with E-state index in [9.17, 15) is 5.73 Å². The Bertz CT molecular complexity index is 240. The molecule has 2 nitrogen and oxygen atoms in total. The zero-order chi connectivity index (χ0) is 8.97. The van der Waals surface area contributed by atoms with Crippen LogP contribution in [0.25, 0.3) is 0 Å². The minimum absolute atomic E-state index is 0.111. The van der Waals surface area contributed by atoms with Gasteiger partial charge < -0.3 is 4.42 Å². The van der Waals surface area contributed by atoms with Crippen molar-refractivity contribution < 1.29 is 4.42 Å². The summed E-state index contributed by atoms with van der Waals surface area (Å²) in [7, 11) is 0. The van der Waals surface area contributed by atoms with E-state index in [4.69, 9.17) is 4.42 Å². The monoisotopic (exact) mass is 165 g/mol. The number of nitrogens with zero attached hydrogens (tertiary/aromatic N) is 1. The standard InChI is InChI=1S/C10H15NO/c1-3-5-8-7-12-10(11)9(8)6-4-2/h7H,3-6H2,1-2H3. The highest BCUT2D eigenvalue weighted by molar-refractivity contribution is 5.39. The normalized spacial score (nSPS) is 10.5. The molecule has 0 aliphatic carbocycles. The molecule has 2 heteroatoms. The van der Waals surface area contributed by atoms with Crippen LogP contribution in [0.1, 0.15) is 37.8 Å². The van der Waals surface area contributed by atoms with Gasteiger partial charge >= 0.3 is 0 Å².